The van der Waals surface area contributed by atoms with E-state index in [1.54, 1.807) is 0 Å². The third-order valence-electron chi connectivity index (χ3n) is 3.66. The lowest BCUT2D eigenvalue weighted by molar-refractivity contribution is -0.116. The number of amides is 1. The zero-order chi connectivity index (χ0) is 14.1. The van der Waals surface area contributed by atoms with Crippen molar-refractivity contribution in [2.24, 2.45) is 5.73 Å². The molecule has 0 saturated heterocycles. The Hall–Kier alpha value is -2.39. The number of fused-ring (bicyclic) bond motifs is 1. The Labute approximate surface area is 118 Å². The van der Waals surface area contributed by atoms with E-state index in [-0.39, 0.29) is 5.91 Å². The molecule has 3 heteroatoms. The summed E-state index contributed by atoms with van der Waals surface area (Å²) in [5, 5.41) is 2.90. The van der Waals surface area contributed by atoms with E-state index in [0.29, 0.717) is 0 Å². The number of hydrogen-bond donors (Lipinski definition) is 2. The molecule has 0 saturated carbocycles. The van der Waals surface area contributed by atoms with Crippen LogP contribution in [-0.4, -0.2) is 11.9 Å². The highest BCUT2D eigenvalue weighted by Gasteiger charge is 2.25. The fourth-order valence-corrected chi connectivity index (χ4v) is 2.57. The number of rotatable bonds is 1. The predicted molar refractivity (Wildman–Crippen MR) is 81.2 cm³/mol. The average molecular weight is 264 g/mol. The lowest BCUT2D eigenvalue weighted by Gasteiger charge is -2.14. The van der Waals surface area contributed by atoms with Gasteiger partial charge in [0, 0.05) is 11.3 Å². The van der Waals surface area contributed by atoms with E-state index in [1.807, 2.05) is 61.5 Å². The van der Waals surface area contributed by atoms with Gasteiger partial charge in [-0.15, -0.1) is 0 Å². The van der Waals surface area contributed by atoms with Gasteiger partial charge >= 0.3 is 0 Å². The predicted octanol–water partition coefficient (Wildman–Crippen LogP) is 2.79. The summed E-state index contributed by atoms with van der Waals surface area (Å²) in [5.74, 6) is -0.166. The van der Waals surface area contributed by atoms with E-state index in [0.717, 1.165) is 28.0 Å². The minimum absolute atomic E-state index is 0.166. The summed E-state index contributed by atoms with van der Waals surface area (Å²) in [5.41, 5.74) is 10.9. The van der Waals surface area contributed by atoms with Crippen LogP contribution in [0, 0.1) is 0 Å². The van der Waals surface area contributed by atoms with Gasteiger partial charge in [-0.05, 0) is 29.7 Å². The SMILES string of the molecule is CC1=C(c2ccccc2)c2ccccc2NC(=O)C1N. The third kappa shape index (κ3) is 2.02. The molecule has 1 amide bonds. The summed E-state index contributed by atoms with van der Waals surface area (Å²) in [6, 6.07) is 17.2. The van der Waals surface area contributed by atoms with E-state index in [1.165, 1.54) is 0 Å². The topological polar surface area (TPSA) is 55.1 Å². The Bertz CT molecular complexity index is 689. The molecule has 2 aromatic carbocycles. The average Bonchev–Trinajstić information content (AvgIpc) is 2.57. The summed E-state index contributed by atoms with van der Waals surface area (Å²) >= 11 is 0. The van der Waals surface area contributed by atoms with E-state index in [2.05, 4.69) is 5.32 Å². The smallest absolute Gasteiger partial charge is 0.245 e. The van der Waals surface area contributed by atoms with Crippen molar-refractivity contribution in [3.8, 4) is 0 Å². The first-order valence-electron chi connectivity index (χ1n) is 6.60. The molecule has 1 atom stereocenters. The van der Waals surface area contributed by atoms with Crippen LogP contribution in [0.25, 0.3) is 5.57 Å². The molecule has 1 aliphatic heterocycles. The molecule has 1 heterocycles. The van der Waals surface area contributed by atoms with Crippen molar-refractivity contribution >= 4 is 17.2 Å². The van der Waals surface area contributed by atoms with Crippen LogP contribution in [0.4, 0.5) is 5.69 Å². The van der Waals surface area contributed by atoms with Gasteiger partial charge < -0.3 is 11.1 Å². The Kier molecular flexibility index (Phi) is 3.12. The van der Waals surface area contributed by atoms with Crippen molar-refractivity contribution in [1.82, 2.24) is 0 Å². The molecule has 1 unspecified atom stereocenters. The molecule has 0 radical (unpaired) electrons. The fraction of sp³-hybridized carbons (Fsp3) is 0.118. The van der Waals surface area contributed by atoms with Crippen molar-refractivity contribution in [3.63, 3.8) is 0 Å². The maximum Gasteiger partial charge on any atom is 0.245 e. The summed E-state index contributed by atoms with van der Waals surface area (Å²) in [6.45, 7) is 1.93. The Morgan fingerprint density at radius 1 is 1.00 bits per heavy atom. The number of para-hydroxylation sites is 1. The maximum atomic E-state index is 12.1. The number of carbonyl (C=O) groups is 1. The fourth-order valence-electron chi connectivity index (χ4n) is 2.57. The summed E-state index contributed by atoms with van der Waals surface area (Å²) in [6.07, 6.45) is 0. The lowest BCUT2D eigenvalue weighted by atomic mass is 9.91. The van der Waals surface area contributed by atoms with Crippen molar-refractivity contribution in [2.45, 2.75) is 13.0 Å². The highest BCUT2D eigenvalue weighted by atomic mass is 16.2. The largest absolute Gasteiger partial charge is 0.324 e. The molecule has 1 aliphatic rings. The first kappa shape index (κ1) is 12.6. The van der Waals surface area contributed by atoms with Crippen molar-refractivity contribution in [2.75, 3.05) is 5.32 Å². The number of benzene rings is 2. The molecular formula is C17H16N2O. The molecule has 0 bridgehead atoms. The molecule has 100 valence electrons. The highest BCUT2D eigenvalue weighted by Crippen LogP contribution is 2.35. The second-order valence-corrected chi connectivity index (χ2v) is 4.94. The van der Waals surface area contributed by atoms with Crippen LogP contribution >= 0.6 is 0 Å². The number of nitrogens with one attached hydrogen (secondary N) is 1. The lowest BCUT2D eigenvalue weighted by Crippen LogP contribution is -2.35. The van der Waals surface area contributed by atoms with Crippen LogP contribution in [0.3, 0.4) is 0 Å². The van der Waals surface area contributed by atoms with Crippen LogP contribution in [0.5, 0.6) is 0 Å². The van der Waals surface area contributed by atoms with Gasteiger partial charge in [0.25, 0.3) is 0 Å². The summed E-state index contributed by atoms with van der Waals surface area (Å²) < 4.78 is 0. The summed E-state index contributed by atoms with van der Waals surface area (Å²) in [7, 11) is 0. The van der Waals surface area contributed by atoms with Crippen molar-refractivity contribution in [1.29, 1.82) is 0 Å². The van der Waals surface area contributed by atoms with Crippen LogP contribution in [0.1, 0.15) is 18.1 Å². The Balaban J connectivity index is 2.30. The molecule has 0 aliphatic carbocycles. The summed E-state index contributed by atoms with van der Waals surface area (Å²) in [4.78, 5) is 12.1. The second kappa shape index (κ2) is 4.94. The van der Waals surface area contributed by atoms with Gasteiger partial charge in [-0.1, -0.05) is 48.5 Å². The molecule has 0 spiro atoms. The van der Waals surface area contributed by atoms with Crippen LogP contribution in [0.15, 0.2) is 60.2 Å². The molecule has 3 rings (SSSR count). The van der Waals surface area contributed by atoms with Gasteiger partial charge in [0.2, 0.25) is 5.91 Å². The van der Waals surface area contributed by atoms with Gasteiger partial charge in [-0.3, -0.25) is 4.79 Å². The van der Waals surface area contributed by atoms with Gasteiger partial charge in [-0.25, -0.2) is 0 Å². The van der Waals surface area contributed by atoms with Crippen molar-refractivity contribution in [3.05, 3.63) is 71.3 Å². The van der Waals surface area contributed by atoms with Crippen molar-refractivity contribution < 1.29 is 4.79 Å². The highest BCUT2D eigenvalue weighted by molar-refractivity contribution is 6.05. The Morgan fingerprint density at radius 2 is 1.65 bits per heavy atom. The normalized spacial score (nSPS) is 18.3. The third-order valence-corrected chi connectivity index (χ3v) is 3.66. The zero-order valence-corrected chi connectivity index (χ0v) is 11.3. The van der Waals surface area contributed by atoms with E-state index >= 15 is 0 Å². The number of carbonyl (C=O) groups excluding carboxylic acids is 1. The molecular weight excluding hydrogens is 248 g/mol. The van der Waals surface area contributed by atoms with Crippen LogP contribution < -0.4 is 11.1 Å². The van der Waals surface area contributed by atoms with Gasteiger partial charge in [0.1, 0.15) is 6.04 Å². The Morgan fingerprint density at radius 3 is 2.40 bits per heavy atom. The second-order valence-electron chi connectivity index (χ2n) is 4.94. The van der Waals surface area contributed by atoms with E-state index in [9.17, 15) is 4.79 Å². The quantitative estimate of drug-likeness (QED) is 0.832. The maximum absolute atomic E-state index is 12.1. The van der Waals surface area contributed by atoms with Crippen LogP contribution in [-0.2, 0) is 4.79 Å². The monoisotopic (exact) mass is 264 g/mol. The molecule has 3 N–H and O–H groups in total. The zero-order valence-electron chi connectivity index (χ0n) is 11.3. The molecule has 0 aromatic heterocycles. The van der Waals surface area contributed by atoms with E-state index < -0.39 is 6.04 Å². The molecule has 20 heavy (non-hydrogen) atoms. The molecule has 3 nitrogen and oxygen atoms in total. The standard InChI is InChI=1S/C17H16N2O/c1-11-15(12-7-3-2-4-8-12)13-9-5-6-10-14(13)19-17(20)16(11)18/h2-10,16H,18H2,1H3,(H,19,20). The minimum atomic E-state index is -0.627. The minimum Gasteiger partial charge on any atom is -0.324 e. The number of nitrogens with two attached hydrogens (primary N) is 1. The molecule has 0 fully saturated rings. The van der Waals surface area contributed by atoms with Crippen LogP contribution in [0.2, 0.25) is 0 Å². The van der Waals surface area contributed by atoms with Gasteiger partial charge in [-0.2, -0.15) is 0 Å². The number of anilines is 1. The number of hydrogen-bond acceptors (Lipinski definition) is 2. The van der Waals surface area contributed by atoms with E-state index in [4.69, 9.17) is 5.73 Å². The first-order valence-corrected chi connectivity index (χ1v) is 6.60. The van der Waals surface area contributed by atoms with Gasteiger partial charge in [0.15, 0.2) is 0 Å². The first-order chi connectivity index (χ1) is 9.68. The molecule has 2 aromatic rings. The van der Waals surface area contributed by atoms with Gasteiger partial charge in [0.05, 0.1) is 0 Å².